The third-order valence-corrected chi connectivity index (χ3v) is 5.02. The lowest BCUT2D eigenvalue weighted by Crippen LogP contribution is -2.23. The predicted octanol–water partition coefficient (Wildman–Crippen LogP) is 3.75. The minimum absolute atomic E-state index is 0.0596. The highest BCUT2D eigenvalue weighted by Gasteiger charge is 2.14. The molecular formula is C24H30N4O3. The number of carbonyl (C=O) groups excluding carboxylic acids is 1. The largest absolute Gasteiger partial charge is 0.374 e. The van der Waals surface area contributed by atoms with Crippen LogP contribution >= 0.6 is 0 Å². The third kappa shape index (κ3) is 6.47. The first-order valence-electron chi connectivity index (χ1n) is 10.4. The van der Waals surface area contributed by atoms with Gasteiger partial charge in [0.05, 0.1) is 0 Å². The second kappa shape index (κ2) is 10.8. The molecule has 0 aliphatic carbocycles. The molecule has 31 heavy (non-hydrogen) atoms. The van der Waals surface area contributed by atoms with E-state index in [9.17, 15) is 4.79 Å². The Labute approximate surface area is 183 Å². The number of aryl methyl sites for hydroxylation is 1. The lowest BCUT2D eigenvalue weighted by molar-refractivity contribution is -0.121. The number of hydrogen-bond donors (Lipinski definition) is 1. The van der Waals surface area contributed by atoms with Crippen molar-refractivity contribution in [3.05, 3.63) is 71.4 Å². The number of benzene rings is 2. The molecule has 0 saturated carbocycles. The lowest BCUT2D eigenvalue weighted by atomic mass is 9.98. The zero-order chi connectivity index (χ0) is 22.2. The van der Waals surface area contributed by atoms with Crippen molar-refractivity contribution < 1.29 is 14.1 Å². The van der Waals surface area contributed by atoms with E-state index in [0.717, 1.165) is 23.2 Å². The quantitative estimate of drug-likeness (QED) is 0.536. The van der Waals surface area contributed by atoms with Gasteiger partial charge in [-0.15, -0.1) is 0 Å². The van der Waals surface area contributed by atoms with Gasteiger partial charge in [0.1, 0.15) is 6.10 Å². The van der Waals surface area contributed by atoms with Gasteiger partial charge >= 0.3 is 0 Å². The number of nitrogens with one attached hydrogen (secondary N) is 1. The fourth-order valence-electron chi connectivity index (χ4n) is 3.25. The van der Waals surface area contributed by atoms with Crippen LogP contribution < -0.4 is 5.32 Å². The molecule has 2 aromatic carbocycles. The topological polar surface area (TPSA) is 80.5 Å². The van der Waals surface area contributed by atoms with E-state index in [4.69, 9.17) is 9.26 Å². The number of nitrogens with zero attached hydrogens (tertiary/aromatic N) is 3. The fourth-order valence-corrected chi connectivity index (χ4v) is 3.25. The first-order chi connectivity index (χ1) is 15.0. The van der Waals surface area contributed by atoms with E-state index in [1.54, 1.807) is 7.11 Å². The molecule has 7 nitrogen and oxygen atoms in total. The molecule has 7 heteroatoms. The molecule has 3 aromatic rings. The number of methoxy groups -OCH3 is 1. The van der Waals surface area contributed by atoms with Crippen molar-refractivity contribution in [3.8, 4) is 11.1 Å². The van der Waals surface area contributed by atoms with Crippen molar-refractivity contribution in [3.63, 3.8) is 0 Å². The number of hydrogen-bond acceptors (Lipinski definition) is 6. The molecule has 1 atom stereocenters. The maximum absolute atomic E-state index is 12.4. The van der Waals surface area contributed by atoms with Crippen molar-refractivity contribution in [1.29, 1.82) is 0 Å². The van der Waals surface area contributed by atoms with Gasteiger partial charge in [-0.2, -0.15) is 4.98 Å². The van der Waals surface area contributed by atoms with E-state index in [0.29, 0.717) is 24.7 Å². The molecule has 0 fully saturated rings. The van der Waals surface area contributed by atoms with E-state index in [-0.39, 0.29) is 18.4 Å². The van der Waals surface area contributed by atoms with E-state index >= 15 is 0 Å². The molecule has 3 rings (SSSR count). The molecule has 0 radical (unpaired) electrons. The number of rotatable bonds is 10. The van der Waals surface area contributed by atoms with E-state index in [1.165, 1.54) is 5.56 Å². The summed E-state index contributed by atoms with van der Waals surface area (Å²) >= 11 is 0. The molecule has 0 saturated heterocycles. The average Bonchev–Trinajstić information content (AvgIpc) is 3.25. The molecule has 0 unspecified atom stereocenters. The second-order valence-corrected chi connectivity index (χ2v) is 7.79. The summed E-state index contributed by atoms with van der Waals surface area (Å²) in [5, 5.41) is 6.88. The van der Waals surface area contributed by atoms with Crippen molar-refractivity contribution in [2.75, 3.05) is 21.2 Å². The third-order valence-electron chi connectivity index (χ3n) is 5.02. The Morgan fingerprint density at radius 1 is 1.16 bits per heavy atom. The van der Waals surface area contributed by atoms with Crippen molar-refractivity contribution in [1.82, 2.24) is 20.4 Å². The maximum Gasteiger partial charge on any atom is 0.227 e. The van der Waals surface area contributed by atoms with Gasteiger partial charge in [-0.3, -0.25) is 4.79 Å². The minimum atomic E-state index is -0.236. The van der Waals surface area contributed by atoms with Crippen LogP contribution in [0.4, 0.5) is 0 Å². The SMILES string of the molecule is CO[C@H](C)c1noc(CCC(=O)NCc2ccccc2-c2ccc(CN(C)C)cc2)n1. The molecule has 0 spiro atoms. The van der Waals surface area contributed by atoms with Crippen molar-refractivity contribution in [2.45, 2.75) is 39.0 Å². The van der Waals surface area contributed by atoms with Gasteiger partial charge in [-0.25, -0.2) is 0 Å². The zero-order valence-electron chi connectivity index (χ0n) is 18.6. The number of amides is 1. The minimum Gasteiger partial charge on any atom is -0.374 e. The Hall–Kier alpha value is -3.03. The number of carbonyl (C=O) groups is 1. The van der Waals surface area contributed by atoms with E-state index in [1.807, 2.05) is 25.1 Å². The standard InChI is InChI=1S/C24H30N4O3/c1-17(30-4)24-26-23(31-27-24)14-13-22(29)25-15-20-7-5-6-8-21(20)19-11-9-18(10-12-19)16-28(2)3/h5-12,17H,13-16H2,1-4H3,(H,25,29)/t17-/m1/s1. The zero-order valence-corrected chi connectivity index (χ0v) is 18.6. The second-order valence-electron chi connectivity index (χ2n) is 7.79. The van der Waals surface area contributed by atoms with Crippen LogP contribution in [0.25, 0.3) is 11.1 Å². The van der Waals surface area contributed by atoms with Crippen LogP contribution in [0.3, 0.4) is 0 Å². The highest BCUT2D eigenvalue weighted by molar-refractivity contribution is 5.76. The first kappa shape index (κ1) is 22.7. The number of aromatic nitrogens is 2. The molecule has 0 bridgehead atoms. The van der Waals surface area contributed by atoms with Crippen LogP contribution in [0.15, 0.2) is 53.1 Å². The Morgan fingerprint density at radius 3 is 2.61 bits per heavy atom. The normalized spacial score (nSPS) is 12.2. The Balaban J connectivity index is 1.57. The number of ether oxygens (including phenoxy) is 1. The maximum atomic E-state index is 12.4. The van der Waals surface area contributed by atoms with Gasteiger partial charge in [0.15, 0.2) is 5.82 Å². The molecule has 164 valence electrons. The average molecular weight is 423 g/mol. The Morgan fingerprint density at radius 2 is 1.90 bits per heavy atom. The van der Waals surface area contributed by atoms with Gasteiger partial charge in [0.2, 0.25) is 11.8 Å². The van der Waals surface area contributed by atoms with Crippen molar-refractivity contribution >= 4 is 5.91 Å². The summed E-state index contributed by atoms with van der Waals surface area (Å²) in [4.78, 5) is 18.8. The Kier molecular flexibility index (Phi) is 7.92. The molecule has 1 amide bonds. The molecule has 1 aromatic heterocycles. The monoisotopic (exact) mass is 422 g/mol. The highest BCUT2D eigenvalue weighted by Crippen LogP contribution is 2.24. The highest BCUT2D eigenvalue weighted by atomic mass is 16.5. The summed E-state index contributed by atoms with van der Waals surface area (Å²) in [6, 6.07) is 16.7. The van der Waals surface area contributed by atoms with Gasteiger partial charge in [-0.1, -0.05) is 53.7 Å². The molecular weight excluding hydrogens is 392 g/mol. The van der Waals surface area contributed by atoms with Gasteiger partial charge in [0, 0.05) is 33.0 Å². The molecule has 1 heterocycles. The fraction of sp³-hybridized carbons (Fsp3) is 0.375. The summed E-state index contributed by atoms with van der Waals surface area (Å²) < 4.78 is 10.4. The van der Waals surface area contributed by atoms with Gasteiger partial charge in [-0.05, 0) is 43.3 Å². The summed E-state index contributed by atoms with van der Waals surface area (Å²) in [6.07, 6.45) is 0.439. The predicted molar refractivity (Wildman–Crippen MR) is 119 cm³/mol. The van der Waals surface area contributed by atoms with Crippen LogP contribution in [0, 0.1) is 0 Å². The van der Waals surface area contributed by atoms with Crippen LogP contribution in [-0.4, -0.2) is 42.2 Å². The Bertz CT molecular complexity index is 982. The smallest absolute Gasteiger partial charge is 0.227 e. The van der Waals surface area contributed by atoms with Crippen LogP contribution in [0.5, 0.6) is 0 Å². The summed E-state index contributed by atoms with van der Waals surface area (Å²) in [7, 11) is 5.71. The van der Waals surface area contributed by atoms with Crippen molar-refractivity contribution in [2.24, 2.45) is 0 Å². The van der Waals surface area contributed by atoms with E-state index in [2.05, 4.69) is 64.8 Å². The molecule has 0 aliphatic rings. The molecule has 1 N–H and O–H groups in total. The van der Waals surface area contributed by atoms with E-state index < -0.39 is 0 Å². The van der Waals surface area contributed by atoms with Crippen LogP contribution in [0.2, 0.25) is 0 Å². The van der Waals surface area contributed by atoms with Gasteiger partial charge in [0.25, 0.3) is 0 Å². The summed E-state index contributed by atoms with van der Waals surface area (Å²) in [6.45, 7) is 3.21. The van der Waals surface area contributed by atoms with Crippen LogP contribution in [-0.2, 0) is 29.0 Å². The van der Waals surface area contributed by atoms with Crippen LogP contribution in [0.1, 0.15) is 42.3 Å². The lowest BCUT2D eigenvalue weighted by Gasteiger charge is -2.13. The first-order valence-corrected chi connectivity index (χ1v) is 10.4. The summed E-state index contributed by atoms with van der Waals surface area (Å²) in [5.41, 5.74) is 4.60. The summed E-state index contributed by atoms with van der Waals surface area (Å²) in [5.74, 6) is 0.867. The van der Waals surface area contributed by atoms with Gasteiger partial charge < -0.3 is 19.5 Å². The molecule has 0 aliphatic heterocycles.